The number of anilines is 1. The van der Waals surface area contributed by atoms with Crippen LogP contribution in [0.1, 0.15) is 12.5 Å². The number of nitrogen functional groups attached to an aromatic ring is 1. The van der Waals surface area contributed by atoms with Gasteiger partial charge in [0.2, 0.25) is 0 Å². The first-order valence-corrected chi connectivity index (χ1v) is 4.85. The summed E-state index contributed by atoms with van der Waals surface area (Å²) in [5.41, 5.74) is 6.89. The minimum absolute atomic E-state index is 0.219. The fourth-order valence-corrected chi connectivity index (χ4v) is 1.29. The summed E-state index contributed by atoms with van der Waals surface area (Å²) in [7, 11) is 0. The van der Waals surface area contributed by atoms with Gasteiger partial charge in [-0.2, -0.15) is 0 Å². The molecule has 0 aliphatic rings. The number of hydrogen-bond acceptors (Lipinski definition) is 3. The Kier molecular flexibility index (Phi) is 3.74. The lowest BCUT2D eigenvalue weighted by molar-refractivity contribution is -0.136. The van der Waals surface area contributed by atoms with Gasteiger partial charge in [0.05, 0.1) is 12.2 Å². The first-order chi connectivity index (χ1) is 7.06. The van der Waals surface area contributed by atoms with Crippen molar-refractivity contribution in [3.05, 3.63) is 35.4 Å². The zero-order valence-corrected chi connectivity index (χ0v) is 9.17. The van der Waals surface area contributed by atoms with Crippen LogP contribution in [0.15, 0.2) is 24.8 Å². The Morgan fingerprint density at radius 1 is 1.60 bits per heavy atom. The highest BCUT2D eigenvalue weighted by atomic mass is 35.5. The number of nitrogens with two attached hydrogens (primary N) is 1. The zero-order valence-electron chi connectivity index (χ0n) is 8.42. The molecule has 15 heavy (non-hydrogen) atoms. The summed E-state index contributed by atoms with van der Waals surface area (Å²) >= 11 is 5.79. The molecule has 0 saturated heterocycles. The number of ether oxygens (including phenoxy) is 1. The van der Waals surface area contributed by atoms with E-state index in [0.717, 1.165) is 0 Å². The summed E-state index contributed by atoms with van der Waals surface area (Å²) in [6.45, 7) is 5.66. The Balaban J connectivity index is 3.00. The molecule has 2 N–H and O–H groups in total. The van der Waals surface area contributed by atoms with E-state index in [-0.39, 0.29) is 5.57 Å². The Morgan fingerprint density at radius 2 is 2.27 bits per heavy atom. The summed E-state index contributed by atoms with van der Waals surface area (Å²) < 4.78 is 4.82. The van der Waals surface area contributed by atoms with Crippen LogP contribution in [0, 0.1) is 0 Å². The highest BCUT2D eigenvalue weighted by Gasteiger charge is 2.13. The van der Waals surface area contributed by atoms with Gasteiger partial charge in [-0.25, -0.2) is 4.79 Å². The summed E-state index contributed by atoms with van der Waals surface area (Å²) in [6.07, 6.45) is 0. The van der Waals surface area contributed by atoms with Gasteiger partial charge in [0.15, 0.2) is 0 Å². The average Bonchev–Trinajstić information content (AvgIpc) is 2.21. The third-order valence-corrected chi connectivity index (χ3v) is 2.10. The molecular weight excluding hydrogens is 214 g/mol. The van der Waals surface area contributed by atoms with Crippen molar-refractivity contribution in [1.82, 2.24) is 0 Å². The lowest BCUT2D eigenvalue weighted by atomic mass is 10.1. The number of rotatable bonds is 3. The highest BCUT2D eigenvalue weighted by Crippen LogP contribution is 2.24. The van der Waals surface area contributed by atoms with Crippen LogP contribution in [-0.4, -0.2) is 12.6 Å². The molecule has 0 aliphatic heterocycles. The summed E-state index contributed by atoms with van der Waals surface area (Å²) in [5.74, 6) is -0.480. The van der Waals surface area contributed by atoms with Crippen molar-refractivity contribution in [2.45, 2.75) is 6.92 Å². The van der Waals surface area contributed by atoms with E-state index in [9.17, 15) is 4.79 Å². The lowest BCUT2D eigenvalue weighted by Crippen LogP contribution is -2.07. The predicted octanol–water partition coefficient (Wildman–Crippen LogP) is 2.50. The molecule has 0 atom stereocenters. The predicted molar refractivity (Wildman–Crippen MR) is 61.5 cm³/mol. The van der Waals surface area contributed by atoms with Crippen LogP contribution < -0.4 is 5.73 Å². The topological polar surface area (TPSA) is 52.3 Å². The maximum atomic E-state index is 11.4. The number of esters is 1. The normalized spacial score (nSPS) is 9.73. The van der Waals surface area contributed by atoms with Gasteiger partial charge in [-0.3, -0.25) is 0 Å². The Morgan fingerprint density at radius 3 is 2.87 bits per heavy atom. The first kappa shape index (κ1) is 11.6. The van der Waals surface area contributed by atoms with Crippen molar-refractivity contribution >= 4 is 28.8 Å². The number of carbonyl (C=O) groups is 1. The highest BCUT2D eigenvalue weighted by molar-refractivity contribution is 6.31. The van der Waals surface area contributed by atoms with Crippen molar-refractivity contribution in [3.63, 3.8) is 0 Å². The van der Waals surface area contributed by atoms with E-state index in [1.807, 2.05) is 0 Å². The van der Waals surface area contributed by atoms with Crippen LogP contribution in [0.2, 0.25) is 5.02 Å². The second-order valence-corrected chi connectivity index (χ2v) is 3.37. The molecule has 80 valence electrons. The smallest absolute Gasteiger partial charge is 0.338 e. The Labute approximate surface area is 93.5 Å². The fraction of sp³-hybridized carbons (Fsp3) is 0.182. The van der Waals surface area contributed by atoms with E-state index in [4.69, 9.17) is 22.1 Å². The molecule has 1 rings (SSSR count). The summed E-state index contributed by atoms with van der Waals surface area (Å²) in [6, 6.07) is 4.87. The molecule has 0 aromatic heterocycles. The quantitative estimate of drug-likeness (QED) is 0.489. The second-order valence-electron chi connectivity index (χ2n) is 2.93. The molecule has 4 heteroatoms. The van der Waals surface area contributed by atoms with Crippen molar-refractivity contribution in [3.8, 4) is 0 Å². The average molecular weight is 226 g/mol. The summed E-state index contributed by atoms with van der Waals surface area (Å²) in [5, 5.41) is 0.504. The van der Waals surface area contributed by atoms with Crippen LogP contribution in [0.5, 0.6) is 0 Å². The molecule has 1 aromatic carbocycles. The molecule has 0 bridgehead atoms. The minimum Gasteiger partial charge on any atom is -0.462 e. The molecule has 0 unspecified atom stereocenters. The second kappa shape index (κ2) is 4.84. The maximum Gasteiger partial charge on any atom is 0.338 e. The molecule has 1 aromatic rings. The Hall–Kier alpha value is -1.48. The van der Waals surface area contributed by atoms with Gasteiger partial charge in [-0.05, 0) is 25.1 Å². The Bertz CT molecular complexity index is 402. The van der Waals surface area contributed by atoms with Gasteiger partial charge < -0.3 is 10.5 Å². The van der Waals surface area contributed by atoms with Crippen LogP contribution in [0.4, 0.5) is 5.69 Å². The molecule has 0 heterocycles. The van der Waals surface area contributed by atoms with Gasteiger partial charge in [0.1, 0.15) is 0 Å². The largest absolute Gasteiger partial charge is 0.462 e. The summed E-state index contributed by atoms with van der Waals surface area (Å²) in [4.78, 5) is 11.4. The van der Waals surface area contributed by atoms with Gasteiger partial charge in [-0.15, -0.1) is 0 Å². The number of halogens is 1. The molecule has 0 radical (unpaired) electrons. The van der Waals surface area contributed by atoms with E-state index in [1.54, 1.807) is 25.1 Å². The van der Waals surface area contributed by atoms with E-state index >= 15 is 0 Å². The molecule has 0 amide bonds. The maximum absolute atomic E-state index is 11.4. The van der Waals surface area contributed by atoms with Crippen LogP contribution >= 0.6 is 11.6 Å². The first-order valence-electron chi connectivity index (χ1n) is 4.47. The number of carbonyl (C=O) groups excluding carboxylic acids is 1. The fourth-order valence-electron chi connectivity index (χ4n) is 1.12. The lowest BCUT2D eigenvalue weighted by Gasteiger charge is -2.08. The van der Waals surface area contributed by atoms with Crippen molar-refractivity contribution in [2.24, 2.45) is 0 Å². The zero-order chi connectivity index (χ0) is 11.4. The van der Waals surface area contributed by atoms with Crippen LogP contribution in [0.25, 0.3) is 5.57 Å². The van der Waals surface area contributed by atoms with E-state index in [1.165, 1.54) is 0 Å². The van der Waals surface area contributed by atoms with Gasteiger partial charge >= 0.3 is 5.97 Å². The van der Waals surface area contributed by atoms with Crippen molar-refractivity contribution in [2.75, 3.05) is 12.3 Å². The van der Waals surface area contributed by atoms with Gasteiger partial charge in [0.25, 0.3) is 0 Å². The van der Waals surface area contributed by atoms with Crippen LogP contribution in [-0.2, 0) is 9.53 Å². The number of benzene rings is 1. The van der Waals surface area contributed by atoms with E-state index in [0.29, 0.717) is 22.9 Å². The minimum atomic E-state index is -0.480. The molecule has 3 nitrogen and oxygen atoms in total. The van der Waals surface area contributed by atoms with E-state index in [2.05, 4.69) is 6.58 Å². The molecule has 0 spiro atoms. The van der Waals surface area contributed by atoms with E-state index < -0.39 is 5.97 Å². The third kappa shape index (κ3) is 2.73. The molecular formula is C11H12ClNO2. The standard InChI is InChI=1S/C11H12ClNO2/c1-3-15-11(14)7(2)9-6-8(12)4-5-10(9)13/h4-6H,2-3,13H2,1H3. The van der Waals surface area contributed by atoms with Crippen molar-refractivity contribution < 1.29 is 9.53 Å². The van der Waals surface area contributed by atoms with Crippen LogP contribution in [0.3, 0.4) is 0 Å². The monoisotopic (exact) mass is 225 g/mol. The molecule has 0 saturated carbocycles. The molecule has 0 aliphatic carbocycles. The van der Waals surface area contributed by atoms with Gasteiger partial charge in [-0.1, -0.05) is 18.2 Å². The number of hydrogen-bond donors (Lipinski definition) is 1. The van der Waals surface area contributed by atoms with Gasteiger partial charge in [0, 0.05) is 16.3 Å². The van der Waals surface area contributed by atoms with Crippen molar-refractivity contribution in [1.29, 1.82) is 0 Å². The molecule has 0 fully saturated rings. The third-order valence-electron chi connectivity index (χ3n) is 1.86. The SMILES string of the molecule is C=C(C(=O)OCC)c1cc(Cl)ccc1N.